The van der Waals surface area contributed by atoms with Crippen molar-refractivity contribution in [3.05, 3.63) is 34.1 Å². The fourth-order valence-electron chi connectivity index (χ4n) is 2.04. The molecule has 2 rings (SSSR count). The van der Waals surface area contributed by atoms with Gasteiger partial charge in [-0.2, -0.15) is 0 Å². The summed E-state index contributed by atoms with van der Waals surface area (Å²) in [7, 11) is 0. The van der Waals surface area contributed by atoms with Gasteiger partial charge in [0.2, 0.25) is 0 Å². The van der Waals surface area contributed by atoms with E-state index >= 15 is 0 Å². The molecule has 0 aliphatic heterocycles. The Morgan fingerprint density at radius 2 is 2.07 bits per heavy atom. The van der Waals surface area contributed by atoms with E-state index in [1.807, 2.05) is 12.1 Å². The fourth-order valence-corrected chi connectivity index (χ4v) is 2.47. The summed E-state index contributed by atoms with van der Waals surface area (Å²) in [5, 5.41) is 3.50. The van der Waals surface area contributed by atoms with Gasteiger partial charge in [0.15, 0.2) is 0 Å². The Morgan fingerprint density at radius 1 is 1.33 bits per heavy atom. The van der Waals surface area contributed by atoms with Crippen molar-refractivity contribution >= 4 is 15.9 Å². The monoisotopic (exact) mass is 271 g/mol. The van der Waals surface area contributed by atoms with Crippen LogP contribution in [0.25, 0.3) is 0 Å². The summed E-state index contributed by atoms with van der Waals surface area (Å²) >= 11 is 3.20. The van der Waals surface area contributed by atoms with Crippen LogP contribution in [0.3, 0.4) is 0 Å². The predicted octanol–water partition coefficient (Wildman–Crippen LogP) is 3.62. The van der Waals surface area contributed by atoms with Crippen LogP contribution < -0.4 is 5.32 Å². The number of hydrogen-bond acceptors (Lipinski definition) is 1. The van der Waals surface area contributed by atoms with Gasteiger partial charge in [0.25, 0.3) is 0 Å². The predicted molar refractivity (Wildman–Crippen MR) is 63.2 cm³/mol. The Bertz CT molecular complexity index is 334. The van der Waals surface area contributed by atoms with Crippen molar-refractivity contribution in [1.29, 1.82) is 0 Å². The molecule has 1 N–H and O–H groups in total. The van der Waals surface area contributed by atoms with Crippen LogP contribution in [-0.4, -0.2) is 6.04 Å². The van der Waals surface area contributed by atoms with Gasteiger partial charge in [0.05, 0.1) is 4.47 Å². The highest BCUT2D eigenvalue weighted by Crippen LogP contribution is 2.20. The molecule has 0 aromatic heterocycles. The number of hydrogen-bond donors (Lipinski definition) is 1. The minimum absolute atomic E-state index is 0.195. The summed E-state index contributed by atoms with van der Waals surface area (Å²) in [6.45, 7) is 0.837. The molecule has 0 radical (unpaired) electrons. The van der Waals surface area contributed by atoms with E-state index in [9.17, 15) is 4.39 Å². The smallest absolute Gasteiger partial charge is 0.137 e. The lowest BCUT2D eigenvalue weighted by molar-refractivity contribution is 0.523. The zero-order valence-corrected chi connectivity index (χ0v) is 10.2. The molecule has 0 spiro atoms. The maximum absolute atomic E-state index is 13.0. The van der Waals surface area contributed by atoms with Crippen molar-refractivity contribution in [1.82, 2.24) is 5.32 Å². The van der Waals surface area contributed by atoms with E-state index in [-0.39, 0.29) is 5.82 Å². The van der Waals surface area contributed by atoms with E-state index < -0.39 is 0 Å². The Hall–Kier alpha value is -0.410. The zero-order valence-electron chi connectivity index (χ0n) is 8.60. The second-order valence-electron chi connectivity index (χ2n) is 4.11. The average Bonchev–Trinajstić information content (AvgIpc) is 2.73. The first-order valence-electron chi connectivity index (χ1n) is 5.43. The van der Waals surface area contributed by atoms with Crippen molar-refractivity contribution in [2.75, 3.05) is 0 Å². The summed E-state index contributed by atoms with van der Waals surface area (Å²) in [5.41, 5.74) is 1.13. The molecule has 1 fully saturated rings. The molecular formula is C12H15BrFN. The lowest BCUT2D eigenvalue weighted by Gasteiger charge is -2.11. The van der Waals surface area contributed by atoms with Crippen LogP contribution in [0, 0.1) is 5.82 Å². The van der Waals surface area contributed by atoms with Gasteiger partial charge in [0.1, 0.15) is 5.82 Å². The molecule has 3 heteroatoms. The van der Waals surface area contributed by atoms with E-state index in [1.54, 1.807) is 0 Å². The van der Waals surface area contributed by atoms with Crippen molar-refractivity contribution in [3.63, 3.8) is 0 Å². The van der Waals surface area contributed by atoms with E-state index in [0.717, 1.165) is 12.1 Å². The molecule has 0 bridgehead atoms. The molecule has 1 aromatic carbocycles. The van der Waals surface area contributed by atoms with Crippen LogP contribution >= 0.6 is 15.9 Å². The summed E-state index contributed by atoms with van der Waals surface area (Å²) in [5.74, 6) is -0.195. The third kappa shape index (κ3) is 3.02. The van der Waals surface area contributed by atoms with Crippen LogP contribution in [0.1, 0.15) is 31.2 Å². The Balaban J connectivity index is 1.90. The van der Waals surface area contributed by atoms with Crippen LogP contribution in [0.5, 0.6) is 0 Å². The van der Waals surface area contributed by atoms with E-state index in [2.05, 4.69) is 21.2 Å². The lowest BCUT2D eigenvalue weighted by Crippen LogP contribution is -2.25. The molecule has 1 aliphatic rings. The van der Waals surface area contributed by atoms with Crippen LogP contribution in [0.15, 0.2) is 22.7 Å². The van der Waals surface area contributed by atoms with Gasteiger partial charge in [-0.25, -0.2) is 4.39 Å². The second-order valence-corrected chi connectivity index (χ2v) is 4.97. The molecule has 0 heterocycles. The molecule has 1 aromatic rings. The zero-order chi connectivity index (χ0) is 10.7. The van der Waals surface area contributed by atoms with Gasteiger partial charge < -0.3 is 5.32 Å². The van der Waals surface area contributed by atoms with Gasteiger partial charge in [0, 0.05) is 12.6 Å². The third-order valence-corrected chi connectivity index (χ3v) is 3.54. The van der Waals surface area contributed by atoms with E-state index in [4.69, 9.17) is 0 Å². The first-order valence-corrected chi connectivity index (χ1v) is 6.22. The molecule has 1 aliphatic carbocycles. The van der Waals surface area contributed by atoms with E-state index in [0.29, 0.717) is 10.5 Å². The normalized spacial score (nSPS) is 17.2. The molecule has 15 heavy (non-hydrogen) atoms. The maximum Gasteiger partial charge on any atom is 0.137 e. The summed E-state index contributed by atoms with van der Waals surface area (Å²) in [6, 6.07) is 5.85. The molecule has 0 amide bonds. The molecule has 0 atom stereocenters. The standard InChI is InChI=1S/C12H15BrFN/c13-11-7-9(5-6-12(11)14)8-15-10-3-1-2-4-10/h5-7,10,15H,1-4,8H2. The van der Waals surface area contributed by atoms with E-state index in [1.165, 1.54) is 31.7 Å². The maximum atomic E-state index is 13.0. The van der Waals surface area contributed by atoms with Crippen molar-refractivity contribution in [2.24, 2.45) is 0 Å². The summed E-state index contributed by atoms with van der Waals surface area (Å²) in [4.78, 5) is 0. The van der Waals surface area contributed by atoms with Gasteiger partial charge in [-0.1, -0.05) is 18.9 Å². The first kappa shape index (κ1) is 11.1. The van der Waals surface area contributed by atoms with Crippen LogP contribution in [0.4, 0.5) is 4.39 Å². The van der Waals surface area contributed by atoms with Gasteiger partial charge in [-0.15, -0.1) is 0 Å². The number of nitrogens with one attached hydrogen (secondary N) is 1. The largest absolute Gasteiger partial charge is 0.310 e. The van der Waals surface area contributed by atoms with Gasteiger partial charge in [-0.3, -0.25) is 0 Å². The van der Waals surface area contributed by atoms with Crippen molar-refractivity contribution in [2.45, 2.75) is 38.3 Å². The molecule has 1 nitrogen and oxygen atoms in total. The van der Waals surface area contributed by atoms with Crippen molar-refractivity contribution < 1.29 is 4.39 Å². The minimum Gasteiger partial charge on any atom is -0.310 e. The molecule has 0 saturated heterocycles. The Kier molecular flexibility index (Phi) is 3.76. The summed E-state index contributed by atoms with van der Waals surface area (Å²) < 4.78 is 13.5. The van der Waals surface area contributed by atoms with Crippen LogP contribution in [-0.2, 0) is 6.54 Å². The first-order chi connectivity index (χ1) is 7.25. The number of halogens is 2. The molecule has 0 unspecified atom stereocenters. The minimum atomic E-state index is -0.195. The van der Waals surface area contributed by atoms with Crippen molar-refractivity contribution in [3.8, 4) is 0 Å². The van der Waals surface area contributed by atoms with Gasteiger partial charge in [-0.05, 0) is 46.5 Å². The molecular weight excluding hydrogens is 257 g/mol. The SMILES string of the molecule is Fc1ccc(CNC2CCCC2)cc1Br. The Labute approximate surface area is 98.2 Å². The Morgan fingerprint density at radius 3 is 2.73 bits per heavy atom. The highest BCUT2D eigenvalue weighted by molar-refractivity contribution is 9.10. The second kappa shape index (κ2) is 5.08. The number of rotatable bonds is 3. The molecule has 82 valence electrons. The van der Waals surface area contributed by atoms with Gasteiger partial charge >= 0.3 is 0 Å². The average molecular weight is 272 g/mol. The van der Waals surface area contributed by atoms with Crippen LogP contribution in [0.2, 0.25) is 0 Å². The lowest BCUT2D eigenvalue weighted by atomic mass is 10.2. The highest BCUT2D eigenvalue weighted by atomic mass is 79.9. The quantitative estimate of drug-likeness (QED) is 0.886. The number of benzene rings is 1. The topological polar surface area (TPSA) is 12.0 Å². The molecule has 1 saturated carbocycles. The highest BCUT2D eigenvalue weighted by Gasteiger charge is 2.13. The summed E-state index contributed by atoms with van der Waals surface area (Å²) in [6.07, 6.45) is 5.24. The third-order valence-electron chi connectivity index (χ3n) is 2.93. The fraction of sp³-hybridized carbons (Fsp3) is 0.500.